The van der Waals surface area contributed by atoms with Crippen LogP contribution in [0.15, 0.2) is 60.7 Å². The molecule has 2 aromatic rings. The minimum atomic E-state index is 0.290. The largest absolute Gasteiger partial charge is 0.385 e. The Kier molecular flexibility index (Phi) is 8.56. The van der Waals surface area contributed by atoms with Crippen LogP contribution in [-0.4, -0.2) is 36.5 Å². The van der Waals surface area contributed by atoms with Crippen LogP contribution in [0.4, 0.5) is 11.4 Å². The van der Waals surface area contributed by atoms with E-state index in [9.17, 15) is 0 Å². The number of anilines is 2. The molecule has 0 spiro atoms. The third-order valence-electron chi connectivity index (χ3n) is 3.98. The van der Waals surface area contributed by atoms with Crippen molar-refractivity contribution in [1.82, 2.24) is 4.90 Å². The second kappa shape index (κ2) is 11.0. The van der Waals surface area contributed by atoms with Crippen LogP contribution in [0.5, 0.6) is 0 Å². The molecule has 0 radical (unpaired) electrons. The van der Waals surface area contributed by atoms with Crippen LogP contribution < -0.4 is 10.6 Å². The quantitative estimate of drug-likeness (QED) is 0.317. The molecule has 4 heteroatoms. The highest BCUT2D eigenvalue weighted by atomic mass is 32.1. The third kappa shape index (κ3) is 7.28. The molecule has 0 fully saturated rings. The maximum atomic E-state index is 4.62. The molecule has 0 aliphatic heterocycles. The van der Waals surface area contributed by atoms with Gasteiger partial charge in [-0.1, -0.05) is 36.4 Å². The van der Waals surface area contributed by atoms with Crippen molar-refractivity contribution >= 4 is 24.0 Å². The molecule has 24 heavy (non-hydrogen) atoms. The standard InChI is InChI=1S/C20H29N3S/c1-18(24)23(16-8-14-21-19-10-4-2-5-11-19)17-9-15-22-20-12-6-3-7-13-20/h2-7,10-13,18,21-22,24H,8-9,14-17H2,1H3. The van der Waals surface area contributed by atoms with E-state index in [1.165, 1.54) is 11.4 Å². The minimum absolute atomic E-state index is 0.290. The molecular formula is C20H29N3S. The molecule has 0 aliphatic carbocycles. The highest BCUT2D eigenvalue weighted by Crippen LogP contribution is 2.09. The summed E-state index contributed by atoms with van der Waals surface area (Å²) in [6, 6.07) is 20.7. The van der Waals surface area contributed by atoms with Crippen LogP contribution in [0, 0.1) is 0 Å². The Bertz CT molecular complexity index is 498. The summed E-state index contributed by atoms with van der Waals surface area (Å²) in [5, 5.41) is 7.22. The van der Waals surface area contributed by atoms with Crippen LogP contribution in [0.1, 0.15) is 19.8 Å². The summed E-state index contributed by atoms with van der Waals surface area (Å²) in [7, 11) is 0. The monoisotopic (exact) mass is 343 g/mol. The summed E-state index contributed by atoms with van der Waals surface area (Å²) in [6.07, 6.45) is 2.23. The van der Waals surface area contributed by atoms with Crippen molar-refractivity contribution in [1.29, 1.82) is 0 Å². The first-order chi connectivity index (χ1) is 11.8. The van der Waals surface area contributed by atoms with Gasteiger partial charge in [0, 0.05) is 42.9 Å². The zero-order valence-electron chi connectivity index (χ0n) is 14.5. The Hall–Kier alpha value is -1.65. The topological polar surface area (TPSA) is 27.3 Å². The summed E-state index contributed by atoms with van der Waals surface area (Å²) in [6.45, 7) is 6.26. The fourth-order valence-electron chi connectivity index (χ4n) is 2.63. The first-order valence-corrected chi connectivity index (χ1v) is 9.27. The van der Waals surface area contributed by atoms with Gasteiger partial charge in [-0.3, -0.25) is 4.90 Å². The normalized spacial score (nSPS) is 12.1. The van der Waals surface area contributed by atoms with Crippen LogP contribution in [0.25, 0.3) is 0 Å². The van der Waals surface area contributed by atoms with Crippen LogP contribution in [0.2, 0.25) is 0 Å². The van der Waals surface area contributed by atoms with Gasteiger partial charge in [0.25, 0.3) is 0 Å². The van der Waals surface area contributed by atoms with Crippen molar-refractivity contribution in [3.05, 3.63) is 60.7 Å². The molecule has 0 saturated carbocycles. The molecule has 0 saturated heterocycles. The summed E-state index contributed by atoms with van der Waals surface area (Å²) >= 11 is 4.62. The van der Waals surface area contributed by atoms with Crippen LogP contribution in [0.3, 0.4) is 0 Å². The number of para-hydroxylation sites is 2. The minimum Gasteiger partial charge on any atom is -0.385 e. The van der Waals surface area contributed by atoms with Gasteiger partial charge in [-0.25, -0.2) is 0 Å². The van der Waals surface area contributed by atoms with Gasteiger partial charge < -0.3 is 10.6 Å². The summed E-state index contributed by atoms with van der Waals surface area (Å²) in [5.74, 6) is 0. The van der Waals surface area contributed by atoms with Crippen molar-refractivity contribution in [3.8, 4) is 0 Å². The Morgan fingerprint density at radius 2 is 1.21 bits per heavy atom. The highest BCUT2D eigenvalue weighted by Gasteiger charge is 2.09. The fraction of sp³-hybridized carbons (Fsp3) is 0.400. The number of benzene rings is 2. The number of hydrogen-bond acceptors (Lipinski definition) is 4. The fourth-order valence-corrected chi connectivity index (χ4v) is 2.86. The molecule has 0 aliphatic rings. The van der Waals surface area contributed by atoms with E-state index >= 15 is 0 Å². The molecule has 0 heterocycles. The smallest absolute Gasteiger partial charge is 0.0499 e. The summed E-state index contributed by atoms with van der Waals surface area (Å²) in [5.41, 5.74) is 2.38. The maximum absolute atomic E-state index is 4.62. The van der Waals surface area contributed by atoms with Crippen LogP contribution >= 0.6 is 12.6 Å². The molecule has 1 atom stereocenters. The van der Waals surface area contributed by atoms with Gasteiger partial charge >= 0.3 is 0 Å². The van der Waals surface area contributed by atoms with Crippen molar-refractivity contribution < 1.29 is 0 Å². The van der Waals surface area contributed by atoms with E-state index < -0.39 is 0 Å². The van der Waals surface area contributed by atoms with Gasteiger partial charge in [-0.05, 0) is 44.0 Å². The molecular weight excluding hydrogens is 314 g/mol. The van der Waals surface area contributed by atoms with Gasteiger partial charge in [-0.15, -0.1) is 0 Å². The van der Waals surface area contributed by atoms with Crippen molar-refractivity contribution in [2.24, 2.45) is 0 Å². The van der Waals surface area contributed by atoms with E-state index in [1.807, 2.05) is 12.1 Å². The first-order valence-electron chi connectivity index (χ1n) is 8.75. The lowest BCUT2D eigenvalue weighted by atomic mass is 10.3. The molecule has 2 aromatic carbocycles. The van der Waals surface area contributed by atoms with E-state index in [0.29, 0.717) is 5.37 Å². The average molecular weight is 344 g/mol. The molecule has 3 nitrogen and oxygen atoms in total. The molecule has 0 aromatic heterocycles. The van der Waals surface area contributed by atoms with E-state index in [4.69, 9.17) is 0 Å². The number of hydrogen-bond donors (Lipinski definition) is 3. The van der Waals surface area contributed by atoms with Gasteiger partial charge in [0.1, 0.15) is 0 Å². The molecule has 130 valence electrons. The molecule has 2 N–H and O–H groups in total. The Morgan fingerprint density at radius 3 is 1.58 bits per heavy atom. The average Bonchev–Trinajstić information content (AvgIpc) is 2.62. The molecule has 0 amide bonds. The molecule has 2 rings (SSSR count). The summed E-state index contributed by atoms with van der Waals surface area (Å²) in [4.78, 5) is 2.43. The zero-order valence-corrected chi connectivity index (χ0v) is 15.4. The third-order valence-corrected chi connectivity index (χ3v) is 4.31. The van der Waals surface area contributed by atoms with Crippen molar-refractivity contribution in [3.63, 3.8) is 0 Å². The van der Waals surface area contributed by atoms with Gasteiger partial charge in [-0.2, -0.15) is 12.6 Å². The highest BCUT2D eigenvalue weighted by molar-refractivity contribution is 7.80. The van der Waals surface area contributed by atoms with Crippen molar-refractivity contribution in [2.75, 3.05) is 36.8 Å². The first kappa shape index (κ1) is 18.7. The van der Waals surface area contributed by atoms with Crippen LogP contribution in [-0.2, 0) is 0 Å². The SMILES string of the molecule is CC(S)N(CCCNc1ccccc1)CCCNc1ccccc1. The van der Waals surface area contributed by atoms with Crippen molar-refractivity contribution in [2.45, 2.75) is 25.1 Å². The second-order valence-corrected chi connectivity index (χ2v) is 6.71. The molecule has 0 bridgehead atoms. The lowest BCUT2D eigenvalue weighted by Crippen LogP contribution is -2.33. The lowest BCUT2D eigenvalue weighted by molar-refractivity contribution is 0.266. The Balaban J connectivity index is 1.61. The number of nitrogens with one attached hydrogen (secondary N) is 2. The maximum Gasteiger partial charge on any atom is 0.0499 e. The molecule has 1 unspecified atom stereocenters. The number of thiol groups is 1. The number of rotatable bonds is 11. The van der Waals surface area contributed by atoms with E-state index in [-0.39, 0.29) is 0 Å². The predicted octanol–water partition coefficient (Wildman–Crippen LogP) is 4.57. The van der Waals surface area contributed by atoms with E-state index in [2.05, 4.69) is 83.6 Å². The second-order valence-electron chi connectivity index (χ2n) is 5.96. The lowest BCUT2D eigenvalue weighted by Gasteiger charge is -2.26. The summed E-state index contributed by atoms with van der Waals surface area (Å²) < 4.78 is 0. The van der Waals surface area contributed by atoms with E-state index in [1.54, 1.807) is 0 Å². The van der Waals surface area contributed by atoms with Gasteiger partial charge in [0.15, 0.2) is 0 Å². The Labute approximate surface area is 151 Å². The van der Waals surface area contributed by atoms with Gasteiger partial charge in [0.05, 0.1) is 0 Å². The number of nitrogens with zero attached hydrogens (tertiary/aromatic N) is 1. The zero-order chi connectivity index (χ0) is 17.0. The Morgan fingerprint density at radius 1 is 0.792 bits per heavy atom. The predicted molar refractivity (Wildman–Crippen MR) is 109 cm³/mol. The van der Waals surface area contributed by atoms with Gasteiger partial charge in [0.2, 0.25) is 0 Å². The van der Waals surface area contributed by atoms with E-state index in [0.717, 1.165) is 39.0 Å².